The molecule has 0 radical (unpaired) electrons. The number of rotatable bonds is 6. The Morgan fingerprint density at radius 1 is 1.31 bits per heavy atom. The molecule has 0 fully saturated rings. The molecule has 0 spiro atoms. The summed E-state index contributed by atoms with van der Waals surface area (Å²) in [5.41, 5.74) is 0.965. The molecule has 0 saturated carbocycles. The van der Waals surface area contributed by atoms with Gasteiger partial charge in [-0.25, -0.2) is 14.5 Å². The quantitative estimate of drug-likeness (QED) is 0.681. The second kappa shape index (κ2) is 7.38. The third kappa shape index (κ3) is 3.74. The molecule has 8 heteroatoms. The SMILES string of the molecule is CC(C)n1ncc2cc(C(=O)O[C@H](C)C(=O)NCc3ccco3)cnc21. The van der Waals surface area contributed by atoms with E-state index in [9.17, 15) is 9.59 Å². The molecule has 136 valence electrons. The van der Waals surface area contributed by atoms with Gasteiger partial charge in [0.1, 0.15) is 5.76 Å². The summed E-state index contributed by atoms with van der Waals surface area (Å²) in [5.74, 6) is -0.401. The summed E-state index contributed by atoms with van der Waals surface area (Å²) < 4.78 is 12.1. The highest BCUT2D eigenvalue weighted by Crippen LogP contribution is 2.17. The van der Waals surface area contributed by atoms with E-state index in [2.05, 4.69) is 15.4 Å². The molecular formula is C18H20N4O4. The Balaban J connectivity index is 1.63. The third-order valence-corrected chi connectivity index (χ3v) is 3.83. The molecule has 26 heavy (non-hydrogen) atoms. The van der Waals surface area contributed by atoms with Crippen LogP contribution in [0.3, 0.4) is 0 Å². The predicted molar refractivity (Wildman–Crippen MR) is 93.3 cm³/mol. The van der Waals surface area contributed by atoms with Crippen LogP contribution in [-0.2, 0) is 16.1 Å². The maximum Gasteiger partial charge on any atom is 0.340 e. The Morgan fingerprint density at radius 2 is 2.12 bits per heavy atom. The van der Waals surface area contributed by atoms with Crippen LogP contribution in [0.2, 0.25) is 0 Å². The second-order valence-corrected chi connectivity index (χ2v) is 6.16. The van der Waals surface area contributed by atoms with Crippen molar-refractivity contribution in [2.75, 3.05) is 0 Å². The first kappa shape index (κ1) is 17.7. The number of amides is 1. The summed E-state index contributed by atoms with van der Waals surface area (Å²) in [4.78, 5) is 28.6. The lowest BCUT2D eigenvalue weighted by atomic mass is 10.2. The zero-order chi connectivity index (χ0) is 18.7. The molecular weight excluding hydrogens is 336 g/mol. The zero-order valence-corrected chi connectivity index (χ0v) is 14.8. The maximum atomic E-state index is 12.3. The molecule has 0 saturated heterocycles. The van der Waals surface area contributed by atoms with Gasteiger partial charge < -0.3 is 14.5 Å². The van der Waals surface area contributed by atoms with E-state index in [1.54, 1.807) is 29.1 Å². The van der Waals surface area contributed by atoms with Crippen molar-refractivity contribution in [1.29, 1.82) is 0 Å². The molecule has 0 aliphatic rings. The molecule has 8 nitrogen and oxygen atoms in total. The number of carbonyl (C=O) groups excluding carboxylic acids is 2. The number of nitrogens with zero attached hydrogens (tertiary/aromatic N) is 3. The molecule has 3 heterocycles. The van der Waals surface area contributed by atoms with Gasteiger partial charge >= 0.3 is 5.97 Å². The van der Waals surface area contributed by atoms with Gasteiger partial charge in [0.2, 0.25) is 0 Å². The van der Waals surface area contributed by atoms with Gasteiger partial charge in [-0.15, -0.1) is 0 Å². The smallest absolute Gasteiger partial charge is 0.340 e. The van der Waals surface area contributed by atoms with E-state index < -0.39 is 18.0 Å². The van der Waals surface area contributed by atoms with E-state index in [-0.39, 0.29) is 18.2 Å². The van der Waals surface area contributed by atoms with Gasteiger partial charge in [0, 0.05) is 17.6 Å². The predicted octanol–water partition coefficient (Wildman–Crippen LogP) is 2.47. The standard InChI is InChI=1S/C18H20N4O4/c1-11(2)22-16-13(9-21-22)7-14(8-19-16)18(24)26-12(3)17(23)20-10-15-5-4-6-25-15/h4-9,11-12H,10H2,1-3H3,(H,20,23)/t12-/m1/s1. The van der Waals surface area contributed by atoms with Crippen LogP contribution >= 0.6 is 0 Å². The summed E-state index contributed by atoms with van der Waals surface area (Å²) in [6.45, 7) is 5.74. The summed E-state index contributed by atoms with van der Waals surface area (Å²) in [7, 11) is 0. The highest BCUT2D eigenvalue weighted by Gasteiger charge is 2.20. The van der Waals surface area contributed by atoms with Crippen molar-refractivity contribution in [2.45, 2.75) is 39.5 Å². The monoisotopic (exact) mass is 356 g/mol. The van der Waals surface area contributed by atoms with Gasteiger partial charge in [-0.1, -0.05) is 0 Å². The second-order valence-electron chi connectivity index (χ2n) is 6.16. The molecule has 1 N–H and O–H groups in total. The number of hydrogen-bond donors (Lipinski definition) is 1. The first-order valence-electron chi connectivity index (χ1n) is 8.30. The average Bonchev–Trinajstić information content (AvgIpc) is 3.28. The number of pyridine rings is 1. The lowest BCUT2D eigenvalue weighted by Crippen LogP contribution is -2.35. The fourth-order valence-corrected chi connectivity index (χ4v) is 2.44. The molecule has 0 aliphatic heterocycles. The minimum Gasteiger partial charge on any atom is -0.467 e. The number of furan rings is 1. The van der Waals surface area contributed by atoms with Gasteiger partial charge in [0.25, 0.3) is 5.91 Å². The Hall–Kier alpha value is -3.16. The number of esters is 1. The molecule has 3 rings (SSSR count). The van der Waals surface area contributed by atoms with Crippen molar-refractivity contribution in [3.8, 4) is 0 Å². The number of ether oxygens (including phenoxy) is 1. The zero-order valence-electron chi connectivity index (χ0n) is 14.8. The maximum absolute atomic E-state index is 12.3. The van der Waals surface area contributed by atoms with Crippen LogP contribution in [0.25, 0.3) is 11.0 Å². The average molecular weight is 356 g/mol. The number of nitrogens with one attached hydrogen (secondary N) is 1. The van der Waals surface area contributed by atoms with Crippen LogP contribution in [-0.4, -0.2) is 32.7 Å². The summed E-state index contributed by atoms with van der Waals surface area (Å²) >= 11 is 0. The summed E-state index contributed by atoms with van der Waals surface area (Å²) in [6.07, 6.45) is 3.67. The van der Waals surface area contributed by atoms with E-state index in [1.165, 1.54) is 19.4 Å². The first-order valence-corrected chi connectivity index (χ1v) is 8.30. The van der Waals surface area contributed by atoms with Gasteiger partial charge in [0.05, 0.1) is 24.6 Å². The minimum atomic E-state index is -0.938. The van der Waals surface area contributed by atoms with E-state index in [0.29, 0.717) is 11.4 Å². The van der Waals surface area contributed by atoms with Crippen molar-refractivity contribution >= 4 is 22.9 Å². The van der Waals surface area contributed by atoms with Gasteiger partial charge in [-0.05, 0) is 39.0 Å². The van der Waals surface area contributed by atoms with E-state index in [4.69, 9.17) is 9.15 Å². The topological polar surface area (TPSA) is 99.2 Å². The van der Waals surface area contributed by atoms with Crippen LogP contribution in [0.1, 0.15) is 42.9 Å². The highest BCUT2D eigenvalue weighted by molar-refractivity contribution is 5.94. The van der Waals surface area contributed by atoms with Crippen LogP contribution in [0.5, 0.6) is 0 Å². The van der Waals surface area contributed by atoms with Crippen molar-refractivity contribution < 1.29 is 18.7 Å². The molecule has 0 aliphatic carbocycles. The molecule has 0 aromatic carbocycles. The molecule has 1 amide bonds. The van der Waals surface area contributed by atoms with E-state index in [0.717, 1.165) is 5.39 Å². The number of carbonyl (C=O) groups is 2. The summed E-state index contributed by atoms with van der Waals surface area (Å²) in [5, 5.41) is 7.65. The van der Waals surface area contributed by atoms with Crippen LogP contribution in [0, 0.1) is 0 Å². The molecule has 3 aromatic rings. The normalized spacial score (nSPS) is 12.3. The van der Waals surface area contributed by atoms with E-state index in [1.807, 2.05) is 13.8 Å². The number of fused-ring (bicyclic) bond motifs is 1. The first-order chi connectivity index (χ1) is 12.5. The van der Waals surface area contributed by atoms with Crippen LogP contribution < -0.4 is 5.32 Å². The summed E-state index contributed by atoms with van der Waals surface area (Å²) in [6, 6.07) is 5.30. The van der Waals surface area contributed by atoms with Crippen molar-refractivity contribution in [3.63, 3.8) is 0 Å². The largest absolute Gasteiger partial charge is 0.467 e. The van der Waals surface area contributed by atoms with Crippen LogP contribution in [0.4, 0.5) is 0 Å². The van der Waals surface area contributed by atoms with Crippen molar-refractivity contribution in [1.82, 2.24) is 20.1 Å². The molecule has 1 atom stereocenters. The number of aromatic nitrogens is 3. The lowest BCUT2D eigenvalue weighted by molar-refractivity contribution is -0.129. The fraction of sp³-hybridized carbons (Fsp3) is 0.333. The molecule has 0 bridgehead atoms. The van der Waals surface area contributed by atoms with E-state index >= 15 is 0 Å². The van der Waals surface area contributed by atoms with Crippen molar-refractivity contribution in [3.05, 3.63) is 48.2 Å². The minimum absolute atomic E-state index is 0.163. The van der Waals surface area contributed by atoms with Gasteiger partial charge in [0.15, 0.2) is 11.8 Å². The van der Waals surface area contributed by atoms with Crippen molar-refractivity contribution in [2.24, 2.45) is 0 Å². The Labute approximate surface area is 150 Å². The molecule has 3 aromatic heterocycles. The molecule has 0 unspecified atom stereocenters. The Kier molecular flexibility index (Phi) is 5.01. The Bertz CT molecular complexity index is 915. The van der Waals surface area contributed by atoms with Gasteiger partial charge in [-0.2, -0.15) is 5.10 Å². The Morgan fingerprint density at radius 3 is 2.81 bits per heavy atom. The van der Waals surface area contributed by atoms with Crippen LogP contribution in [0.15, 0.2) is 41.3 Å². The van der Waals surface area contributed by atoms with Gasteiger partial charge in [-0.3, -0.25) is 4.79 Å². The number of hydrogen-bond acceptors (Lipinski definition) is 6. The highest BCUT2D eigenvalue weighted by atomic mass is 16.5. The third-order valence-electron chi connectivity index (χ3n) is 3.83. The fourth-order valence-electron chi connectivity index (χ4n) is 2.44. The lowest BCUT2D eigenvalue weighted by Gasteiger charge is -2.13.